The fraction of sp³-hybridized carbons (Fsp3) is 0.286. The normalized spacial score (nSPS) is 13.5. The molecule has 174 valence electrons. The summed E-state index contributed by atoms with van der Waals surface area (Å²) in [5.41, 5.74) is 2.87. The third-order valence-corrected chi connectivity index (χ3v) is 7.18. The van der Waals surface area contributed by atoms with Gasteiger partial charge in [-0.2, -0.15) is 0 Å². The van der Waals surface area contributed by atoms with E-state index in [0.717, 1.165) is 64.1 Å². The number of rotatable bonds is 7. The number of amides is 1. The van der Waals surface area contributed by atoms with E-state index in [2.05, 4.69) is 17.4 Å². The van der Waals surface area contributed by atoms with Crippen LogP contribution in [-0.2, 0) is 19.4 Å². The van der Waals surface area contributed by atoms with Gasteiger partial charge in [0, 0.05) is 22.0 Å². The predicted octanol–water partition coefficient (Wildman–Crippen LogP) is 6.84. The molecule has 2 aromatic carbocycles. The zero-order chi connectivity index (χ0) is 23.5. The molecule has 1 amide bonds. The number of benzene rings is 2. The molecule has 0 unspecified atom stereocenters. The molecule has 0 bridgehead atoms. The molecule has 0 saturated carbocycles. The van der Waals surface area contributed by atoms with E-state index in [-0.39, 0.29) is 12.0 Å². The van der Waals surface area contributed by atoms with E-state index < -0.39 is 0 Å². The number of hydrogen-bond acceptors (Lipinski definition) is 5. The summed E-state index contributed by atoms with van der Waals surface area (Å²) in [5.74, 6) is 1.51. The molecule has 5 rings (SSSR count). The summed E-state index contributed by atoms with van der Waals surface area (Å²) in [5, 5.41) is 5.92. The van der Waals surface area contributed by atoms with Gasteiger partial charge in [-0.1, -0.05) is 24.3 Å². The molecule has 34 heavy (non-hydrogen) atoms. The van der Waals surface area contributed by atoms with Crippen molar-refractivity contribution in [3.05, 3.63) is 82.1 Å². The number of carbonyl (C=O) groups excluding carboxylic acids is 1. The van der Waals surface area contributed by atoms with Crippen LogP contribution in [0.3, 0.4) is 0 Å². The van der Waals surface area contributed by atoms with E-state index in [1.54, 1.807) is 17.6 Å². The minimum Gasteiger partial charge on any atom is -0.490 e. The molecular formula is C28H28N2O3S. The summed E-state index contributed by atoms with van der Waals surface area (Å²) >= 11 is 1.64. The second-order valence-electron chi connectivity index (χ2n) is 8.78. The van der Waals surface area contributed by atoms with Gasteiger partial charge in [0.05, 0.1) is 24.5 Å². The van der Waals surface area contributed by atoms with Gasteiger partial charge in [0.25, 0.3) is 5.91 Å². The maximum atomic E-state index is 13.2. The minimum absolute atomic E-state index is 0.0894. The Kier molecular flexibility index (Phi) is 6.50. The Morgan fingerprint density at radius 2 is 1.94 bits per heavy atom. The van der Waals surface area contributed by atoms with Crippen LogP contribution in [0, 0.1) is 0 Å². The van der Waals surface area contributed by atoms with Gasteiger partial charge in [-0.3, -0.25) is 4.79 Å². The van der Waals surface area contributed by atoms with Crippen molar-refractivity contribution in [3.8, 4) is 5.75 Å². The number of nitrogens with zero attached hydrogens (tertiary/aromatic N) is 1. The summed E-state index contributed by atoms with van der Waals surface area (Å²) in [6.45, 7) is 4.42. The molecule has 0 spiro atoms. The highest BCUT2D eigenvalue weighted by molar-refractivity contribution is 7.16. The van der Waals surface area contributed by atoms with Gasteiger partial charge < -0.3 is 14.5 Å². The number of hydrogen-bond donors (Lipinski definition) is 1. The van der Waals surface area contributed by atoms with E-state index >= 15 is 0 Å². The van der Waals surface area contributed by atoms with Crippen molar-refractivity contribution in [2.24, 2.45) is 4.99 Å². The minimum atomic E-state index is -0.0894. The fourth-order valence-electron chi connectivity index (χ4n) is 4.44. The van der Waals surface area contributed by atoms with E-state index in [1.165, 1.54) is 4.88 Å². The molecular weight excluding hydrogens is 444 g/mol. The number of aryl methyl sites for hydroxylation is 1. The maximum absolute atomic E-state index is 13.2. The summed E-state index contributed by atoms with van der Waals surface area (Å²) in [6.07, 6.45) is 7.79. The number of aliphatic imine (C=N–C) groups is 1. The lowest BCUT2D eigenvalue weighted by Crippen LogP contribution is -2.23. The number of furan rings is 1. The highest BCUT2D eigenvalue weighted by Crippen LogP contribution is 2.40. The lowest BCUT2D eigenvalue weighted by atomic mass is 9.95. The van der Waals surface area contributed by atoms with Crippen LogP contribution < -0.4 is 10.1 Å². The number of nitrogens with one attached hydrogen (secondary N) is 1. The van der Waals surface area contributed by atoms with Gasteiger partial charge in [0.1, 0.15) is 16.5 Å². The highest BCUT2D eigenvalue weighted by Gasteiger charge is 2.25. The van der Waals surface area contributed by atoms with Gasteiger partial charge in [-0.05, 0) is 74.7 Å². The van der Waals surface area contributed by atoms with Gasteiger partial charge in [0.15, 0.2) is 0 Å². The molecule has 0 fully saturated rings. The Labute approximate surface area is 203 Å². The van der Waals surface area contributed by atoms with Crippen LogP contribution in [-0.4, -0.2) is 18.2 Å². The van der Waals surface area contributed by atoms with Crippen molar-refractivity contribution < 1.29 is 13.9 Å². The monoisotopic (exact) mass is 472 g/mol. The largest absolute Gasteiger partial charge is 0.490 e. The molecule has 0 radical (unpaired) electrons. The average molecular weight is 473 g/mol. The third-order valence-electron chi connectivity index (χ3n) is 5.98. The molecule has 1 N–H and O–H groups in total. The van der Waals surface area contributed by atoms with Crippen LogP contribution in [0.15, 0.2) is 64.2 Å². The number of fused-ring (bicyclic) bond motifs is 2. The van der Waals surface area contributed by atoms with Crippen molar-refractivity contribution in [2.75, 3.05) is 0 Å². The first-order chi connectivity index (χ1) is 16.6. The summed E-state index contributed by atoms with van der Waals surface area (Å²) < 4.78 is 11.4. The lowest BCUT2D eigenvalue weighted by molar-refractivity contribution is 0.0948. The summed E-state index contributed by atoms with van der Waals surface area (Å²) in [6, 6.07) is 15.9. The highest BCUT2D eigenvalue weighted by atomic mass is 32.1. The summed E-state index contributed by atoms with van der Waals surface area (Å²) in [7, 11) is 0. The number of thiophene rings is 1. The standard InChI is InChI=1S/C28H28N2O3S/c1-18(2)33-24-14-13-19(21-9-3-4-10-22(21)24)16-30-28-26(23-11-5-6-12-25(23)34-28)27(31)29-17-20-8-7-15-32-20/h3-4,7-10,13-16,18H,5-6,11-12,17H2,1-2H3,(H,29,31). The molecule has 2 heterocycles. The van der Waals surface area contributed by atoms with E-state index in [9.17, 15) is 4.79 Å². The first kappa shape index (κ1) is 22.4. The maximum Gasteiger partial charge on any atom is 0.255 e. The van der Waals surface area contributed by atoms with Crippen molar-refractivity contribution in [3.63, 3.8) is 0 Å². The smallest absolute Gasteiger partial charge is 0.255 e. The quantitative estimate of drug-likeness (QED) is 0.300. The van der Waals surface area contributed by atoms with E-state index in [1.807, 2.05) is 56.5 Å². The fourth-order valence-corrected chi connectivity index (χ4v) is 5.67. The van der Waals surface area contributed by atoms with Gasteiger partial charge in [-0.25, -0.2) is 4.99 Å². The molecule has 4 aromatic rings. The molecule has 1 aliphatic rings. The predicted molar refractivity (Wildman–Crippen MR) is 138 cm³/mol. The first-order valence-corrected chi connectivity index (χ1v) is 12.6. The topological polar surface area (TPSA) is 63.8 Å². The molecule has 2 aromatic heterocycles. The van der Waals surface area contributed by atoms with Crippen LogP contribution >= 0.6 is 11.3 Å². The SMILES string of the molecule is CC(C)Oc1ccc(C=Nc2sc3c(c2C(=O)NCc2ccco2)CCCC3)c2ccccc12. The Hall–Kier alpha value is -3.38. The molecule has 5 nitrogen and oxygen atoms in total. The van der Waals surface area contributed by atoms with Crippen LogP contribution in [0.2, 0.25) is 0 Å². The Morgan fingerprint density at radius 1 is 1.12 bits per heavy atom. The van der Waals surface area contributed by atoms with Crippen LogP contribution in [0.4, 0.5) is 5.00 Å². The van der Waals surface area contributed by atoms with E-state index in [0.29, 0.717) is 12.1 Å². The second kappa shape index (κ2) is 9.85. The zero-order valence-corrected chi connectivity index (χ0v) is 20.3. The van der Waals surface area contributed by atoms with Crippen LogP contribution in [0.5, 0.6) is 5.75 Å². The number of carbonyl (C=O) groups is 1. The average Bonchev–Trinajstić information content (AvgIpc) is 3.49. The first-order valence-electron chi connectivity index (χ1n) is 11.8. The summed E-state index contributed by atoms with van der Waals surface area (Å²) in [4.78, 5) is 19.4. The van der Waals surface area contributed by atoms with E-state index in [4.69, 9.17) is 14.1 Å². The zero-order valence-electron chi connectivity index (χ0n) is 19.5. The van der Waals surface area contributed by atoms with Crippen molar-refractivity contribution in [1.29, 1.82) is 0 Å². The van der Waals surface area contributed by atoms with Gasteiger partial charge >= 0.3 is 0 Å². The molecule has 0 saturated heterocycles. The molecule has 1 aliphatic carbocycles. The Morgan fingerprint density at radius 3 is 2.74 bits per heavy atom. The third kappa shape index (κ3) is 4.64. The van der Waals surface area contributed by atoms with Crippen molar-refractivity contribution >= 4 is 39.2 Å². The van der Waals surface area contributed by atoms with Crippen LogP contribution in [0.1, 0.15) is 58.8 Å². The van der Waals surface area contributed by atoms with Crippen LogP contribution in [0.25, 0.3) is 10.8 Å². The lowest BCUT2D eigenvalue weighted by Gasteiger charge is -2.13. The second-order valence-corrected chi connectivity index (χ2v) is 9.86. The van der Waals surface area contributed by atoms with Crippen molar-refractivity contribution in [2.45, 2.75) is 52.2 Å². The molecule has 6 heteroatoms. The number of ether oxygens (including phenoxy) is 1. The molecule has 0 atom stereocenters. The van der Waals surface area contributed by atoms with Crippen molar-refractivity contribution in [1.82, 2.24) is 5.32 Å². The van der Waals surface area contributed by atoms with Gasteiger partial charge in [0.2, 0.25) is 0 Å². The Balaban J connectivity index is 1.49. The Bertz CT molecular complexity index is 1340. The van der Waals surface area contributed by atoms with Gasteiger partial charge in [-0.15, -0.1) is 11.3 Å². The molecule has 0 aliphatic heterocycles.